The Morgan fingerprint density at radius 3 is 2.45 bits per heavy atom. The molecule has 9 nitrogen and oxygen atoms in total. The van der Waals surface area contributed by atoms with Crippen LogP contribution < -0.4 is 20.5 Å². The van der Waals surface area contributed by atoms with Crippen molar-refractivity contribution in [3.05, 3.63) is 74.3 Å². The Morgan fingerprint density at radius 2 is 1.86 bits per heavy atom. The predicted molar refractivity (Wildman–Crippen MR) is 149 cm³/mol. The van der Waals surface area contributed by atoms with Gasteiger partial charge in [-0.15, -0.1) is 0 Å². The number of rotatable bonds is 7. The van der Waals surface area contributed by atoms with Gasteiger partial charge < -0.3 is 24.6 Å². The number of aliphatic carboxylic acids is 1. The number of aryl methyl sites for hydroxylation is 1. The van der Waals surface area contributed by atoms with E-state index in [0.717, 1.165) is 4.90 Å². The molecule has 0 bridgehead atoms. The van der Waals surface area contributed by atoms with E-state index in [-0.39, 0.29) is 36.3 Å². The number of alkyl halides is 3. The second-order valence-corrected chi connectivity index (χ2v) is 10.9. The molecule has 2 aromatic carbocycles. The van der Waals surface area contributed by atoms with Gasteiger partial charge in [-0.25, -0.2) is 18.6 Å². The first-order valence-electron chi connectivity index (χ1n) is 13.9. The van der Waals surface area contributed by atoms with Gasteiger partial charge in [-0.3, -0.25) is 9.59 Å². The maximum absolute atomic E-state index is 14.9. The van der Waals surface area contributed by atoms with E-state index in [1.54, 1.807) is 33.0 Å². The lowest BCUT2D eigenvalue weighted by molar-refractivity contribution is -0.159. The number of carboxylic acid groups (broad SMARTS) is 1. The lowest BCUT2D eigenvalue weighted by Gasteiger charge is -2.43. The summed E-state index contributed by atoms with van der Waals surface area (Å²) in [7, 11) is 1.63. The zero-order chi connectivity index (χ0) is 32.1. The molecule has 0 saturated carbocycles. The highest BCUT2D eigenvalue weighted by molar-refractivity contribution is 5.97. The van der Waals surface area contributed by atoms with Crippen LogP contribution in [0.1, 0.15) is 45.7 Å². The lowest BCUT2D eigenvalue weighted by Crippen LogP contribution is -2.56. The van der Waals surface area contributed by atoms with Crippen molar-refractivity contribution in [1.29, 1.82) is 0 Å². The van der Waals surface area contributed by atoms with Gasteiger partial charge in [0.05, 0.1) is 12.3 Å². The molecule has 1 fully saturated rings. The minimum absolute atomic E-state index is 0.0727. The summed E-state index contributed by atoms with van der Waals surface area (Å²) in [5.74, 6) is -5.34. The number of amides is 1. The minimum Gasteiger partial charge on any atom is -0.493 e. The molecule has 1 aromatic heterocycles. The van der Waals surface area contributed by atoms with Crippen LogP contribution in [-0.2, 0) is 24.7 Å². The number of nitrogens with zero attached hydrogens (tertiary/aromatic N) is 3. The van der Waals surface area contributed by atoms with Crippen LogP contribution in [0.15, 0.2) is 29.1 Å². The van der Waals surface area contributed by atoms with Gasteiger partial charge in [-0.2, -0.15) is 13.2 Å². The van der Waals surface area contributed by atoms with E-state index in [4.69, 9.17) is 4.74 Å². The monoisotopic (exact) mass is 620 g/mol. The van der Waals surface area contributed by atoms with Crippen LogP contribution in [0.25, 0.3) is 11.3 Å². The molecule has 0 aliphatic carbocycles. The van der Waals surface area contributed by atoms with Crippen molar-refractivity contribution in [2.75, 3.05) is 18.1 Å². The molecular formula is C30H29F5N4O5. The number of anilines is 1. The first kappa shape index (κ1) is 31.0. The molecule has 2 N–H and O–H groups in total. The Bertz CT molecular complexity index is 1700. The SMILES string of the molecule is Cc1nc(-c2ccc(C[C@H](NC(=O)c3c(F)cc(N4CC[C@@H]4C(F)(F)F)cc3F)C(=O)O)c3c2OCCC3)c(=O)n(C)c1C. The van der Waals surface area contributed by atoms with Crippen LogP contribution in [0.4, 0.5) is 27.6 Å². The zero-order valence-corrected chi connectivity index (χ0v) is 24.0. The summed E-state index contributed by atoms with van der Waals surface area (Å²) in [6.07, 6.45) is -4.04. The first-order chi connectivity index (χ1) is 20.7. The summed E-state index contributed by atoms with van der Waals surface area (Å²) < 4.78 is 76.7. The highest BCUT2D eigenvalue weighted by Crippen LogP contribution is 2.39. The fraction of sp³-hybridized carbons (Fsp3) is 0.400. The number of carboxylic acids is 1. The van der Waals surface area contributed by atoms with Crippen molar-refractivity contribution < 1.29 is 41.4 Å². The number of hydrogen-bond acceptors (Lipinski definition) is 6. The van der Waals surface area contributed by atoms with Crippen LogP contribution in [0, 0.1) is 25.5 Å². The van der Waals surface area contributed by atoms with Crippen LogP contribution in [0.5, 0.6) is 5.75 Å². The third-order valence-corrected chi connectivity index (χ3v) is 8.25. The zero-order valence-electron chi connectivity index (χ0n) is 24.0. The summed E-state index contributed by atoms with van der Waals surface area (Å²) in [4.78, 5) is 43.4. The third-order valence-electron chi connectivity index (χ3n) is 8.25. The predicted octanol–water partition coefficient (Wildman–Crippen LogP) is 4.23. The number of aromatic nitrogens is 2. The van der Waals surface area contributed by atoms with Crippen LogP contribution >= 0.6 is 0 Å². The number of halogens is 5. The minimum atomic E-state index is -4.59. The molecule has 2 aliphatic rings. The molecule has 234 valence electrons. The van der Waals surface area contributed by atoms with E-state index in [2.05, 4.69) is 10.3 Å². The molecule has 44 heavy (non-hydrogen) atoms. The standard InChI is InChI=1S/C30H29F5N4O5/c1-14-15(2)38(3)28(41)25(36-14)19-7-6-16(18-5-4-10-44-26(18)19)11-22(29(42)43)37-27(40)24-20(31)12-17(13-21(24)32)39-9-8-23(39)30(33,34)35/h6-7,12-13,22-23H,4-5,8-11H2,1-3H3,(H,37,40)(H,42,43)/t22-,23+/m0/s1. The molecule has 1 amide bonds. The highest BCUT2D eigenvalue weighted by atomic mass is 19.4. The summed E-state index contributed by atoms with van der Waals surface area (Å²) in [6, 6.07) is 0.914. The summed E-state index contributed by atoms with van der Waals surface area (Å²) in [6.45, 7) is 3.81. The second kappa shape index (κ2) is 11.5. The summed E-state index contributed by atoms with van der Waals surface area (Å²) in [5, 5.41) is 12.0. The number of carbonyl (C=O) groups is 2. The molecule has 1 saturated heterocycles. The molecule has 3 heterocycles. The topological polar surface area (TPSA) is 114 Å². The summed E-state index contributed by atoms with van der Waals surface area (Å²) >= 11 is 0. The molecule has 0 unspecified atom stereocenters. The Kier molecular flexibility index (Phi) is 8.12. The van der Waals surface area contributed by atoms with Crippen molar-refractivity contribution in [1.82, 2.24) is 14.9 Å². The third kappa shape index (κ3) is 5.60. The Hall–Kier alpha value is -4.49. The molecule has 0 radical (unpaired) electrons. The van der Waals surface area contributed by atoms with E-state index in [0.29, 0.717) is 65.4 Å². The van der Waals surface area contributed by atoms with E-state index < -0.39 is 47.3 Å². The average Bonchev–Trinajstić information content (AvgIpc) is 2.92. The maximum Gasteiger partial charge on any atom is 0.408 e. The van der Waals surface area contributed by atoms with E-state index >= 15 is 0 Å². The van der Waals surface area contributed by atoms with Gasteiger partial charge in [-0.1, -0.05) is 6.07 Å². The second-order valence-electron chi connectivity index (χ2n) is 10.9. The van der Waals surface area contributed by atoms with Crippen LogP contribution in [0.3, 0.4) is 0 Å². The van der Waals surface area contributed by atoms with Crippen molar-refractivity contribution in [2.45, 2.75) is 57.8 Å². The van der Waals surface area contributed by atoms with Gasteiger partial charge in [0, 0.05) is 37.0 Å². The number of benzene rings is 2. The van der Waals surface area contributed by atoms with Gasteiger partial charge in [-0.05, 0) is 62.4 Å². The van der Waals surface area contributed by atoms with E-state index in [9.17, 15) is 41.4 Å². The van der Waals surface area contributed by atoms with Gasteiger partial charge in [0.25, 0.3) is 11.5 Å². The molecular weight excluding hydrogens is 591 g/mol. The lowest BCUT2D eigenvalue weighted by atomic mass is 9.91. The van der Waals surface area contributed by atoms with Crippen molar-refractivity contribution in [3.63, 3.8) is 0 Å². The van der Waals surface area contributed by atoms with Crippen LogP contribution in [-0.4, -0.2) is 57.9 Å². The molecule has 2 aliphatic heterocycles. The molecule has 2 atom stereocenters. The number of carbonyl (C=O) groups excluding carboxylic acids is 1. The van der Waals surface area contributed by atoms with Crippen molar-refractivity contribution in [3.8, 4) is 17.0 Å². The molecule has 0 spiro atoms. The first-order valence-corrected chi connectivity index (χ1v) is 13.9. The van der Waals surface area contributed by atoms with Gasteiger partial charge in [0.2, 0.25) is 0 Å². The summed E-state index contributed by atoms with van der Waals surface area (Å²) in [5.41, 5.74) is 1.20. The van der Waals surface area contributed by atoms with Crippen LogP contribution in [0.2, 0.25) is 0 Å². The smallest absolute Gasteiger partial charge is 0.408 e. The Morgan fingerprint density at radius 1 is 1.18 bits per heavy atom. The largest absolute Gasteiger partial charge is 0.493 e. The van der Waals surface area contributed by atoms with Crippen molar-refractivity contribution in [2.24, 2.45) is 7.05 Å². The Balaban J connectivity index is 1.42. The molecule has 14 heteroatoms. The van der Waals surface area contributed by atoms with Crippen molar-refractivity contribution >= 4 is 17.6 Å². The fourth-order valence-electron chi connectivity index (χ4n) is 5.56. The number of hydrogen-bond donors (Lipinski definition) is 2. The molecule has 5 rings (SSSR count). The van der Waals surface area contributed by atoms with E-state index in [1.807, 2.05) is 0 Å². The quantitative estimate of drug-likeness (QED) is 0.380. The highest BCUT2D eigenvalue weighted by Gasteiger charge is 2.49. The number of fused-ring (bicyclic) bond motifs is 1. The maximum atomic E-state index is 14.9. The fourth-order valence-corrected chi connectivity index (χ4v) is 5.56. The van der Waals surface area contributed by atoms with Gasteiger partial charge in [0.15, 0.2) is 0 Å². The Labute approximate surface area is 248 Å². The normalized spacial score (nSPS) is 16.9. The number of nitrogens with one attached hydrogen (secondary N) is 1. The van der Waals surface area contributed by atoms with Gasteiger partial charge >= 0.3 is 12.1 Å². The average molecular weight is 621 g/mol. The van der Waals surface area contributed by atoms with Gasteiger partial charge in [0.1, 0.15) is 40.7 Å². The van der Waals surface area contributed by atoms with E-state index in [1.165, 1.54) is 4.57 Å². The molecule has 3 aromatic rings. The number of ether oxygens (including phenoxy) is 1.